The number of aliphatic hydroxyl groups excluding tert-OH is 1. The maximum absolute atomic E-state index is 10.3. The second kappa shape index (κ2) is 18.5. The second-order valence-corrected chi connectivity index (χ2v) is 5.93. The molecule has 0 saturated heterocycles. The van der Waals surface area contributed by atoms with Crippen LogP contribution in [0, 0.1) is 0 Å². The molecule has 140 valence electrons. The SMILES string of the molecule is CCCCC/C=C\C[C@@H](O)/C=C/C=C/C/C=C/C/C=C/CCC(=O)O. The number of aliphatic hydroxyl groups is 1. The average molecular weight is 347 g/mol. The van der Waals surface area contributed by atoms with Gasteiger partial charge in [-0.3, -0.25) is 4.79 Å². The highest BCUT2D eigenvalue weighted by molar-refractivity contribution is 5.66. The van der Waals surface area contributed by atoms with E-state index in [0.29, 0.717) is 12.8 Å². The number of allylic oxidation sites excluding steroid dienone is 8. The molecule has 1 atom stereocenters. The highest BCUT2D eigenvalue weighted by Crippen LogP contribution is 2.02. The van der Waals surface area contributed by atoms with Gasteiger partial charge in [-0.25, -0.2) is 0 Å². The number of hydrogen-bond donors (Lipinski definition) is 2. The summed E-state index contributed by atoms with van der Waals surface area (Å²) in [6, 6.07) is 0. The first-order valence-corrected chi connectivity index (χ1v) is 9.35. The number of carboxylic acid groups (broad SMARTS) is 1. The third-order valence-electron chi connectivity index (χ3n) is 3.50. The lowest BCUT2D eigenvalue weighted by Gasteiger charge is -1.99. The number of rotatable bonds is 15. The molecule has 0 radical (unpaired) electrons. The quantitative estimate of drug-likeness (QED) is 0.226. The molecule has 0 heterocycles. The molecule has 0 bridgehead atoms. The molecule has 0 unspecified atom stereocenters. The number of unbranched alkanes of at least 4 members (excludes halogenated alkanes) is 3. The first kappa shape index (κ1) is 23.1. The number of carboxylic acids is 1. The lowest BCUT2D eigenvalue weighted by atomic mass is 10.1. The molecule has 0 fully saturated rings. The molecule has 0 aliphatic heterocycles. The smallest absolute Gasteiger partial charge is 0.303 e. The predicted molar refractivity (Wildman–Crippen MR) is 107 cm³/mol. The Balaban J connectivity index is 3.66. The van der Waals surface area contributed by atoms with Gasteiger partial charge >= 0.3 is 5.97 Å². The lowest BCUT2D eigenvalue weighted by molar-refractivity contribution is -0.136. The third-order valence-corrected chi connectivity index (χ3v) is 3.50. The number of aliphatic carboxylic acids is 1. The molecule has 25 heavy (non-hydrogen) atoms. The minimum Gasteiger partial charge on any atom is -0.481 e. The predicted octanol–water partition coefficient (Wildman–Crippen LogP) is 5.74. The summed E-state index contributed by atoms with van der Waals surface area (Å²) in [4.78, 5) is 10.3. The zero-order valence-corrected chi connectivity index (χ0v) is 15.5. The van der Waals surface area contributed by atoms with Gasteiger partial charge in [0.05, 0.1) is 6.10 Å². The van der Waals surface area contributed by atoms with Crippen LogP contribution in [-0.4, -0.2) is 22.3 Å². The Labute approximate surface area is 153 Å². The van der Waals surface area contributed by atoms with Crippen molar-refractivity contribution in [1.29, 1.82) is 0 Å². The summed E-state index contributed by atoms with van der Waals surface area (Å²) in [5, 5.41) is 18.3. The maximum Gasteiger partial charge on any atom is 0.303 e. The number of carbonyl (C=O) groups is 1. The first-order chi connectivity index (χ1) is 12.2. The van der Waals surface area contributed by atoms with E-state index in [2.05, 4.69) is 31.2 Å². The fourth-order valence-electron chi connectivity index (χ4n) is 2.06. The van der Waals surface area contributed by atoms with Crippen molar-refractivity contribution in [3.05, 3.63) is 60.8 Å². The molecule has 0 saturated carbocycles. The first-order valence-electron chi connectivity index (χ1n) is 9.35. The van der Waals surface area contributed by atoms with Crippen LogP contribution in [0.3, 0.4) is 0 Å². The molecule has 2 N–H and O–H groups in total. The topological polar surface area (TPSA) is 57.5 Å². The van der Waals surface area contributed by atoms with E-state index >= 15 is 0 Å². The summed E-state index contributed by atoms with van der Waals surface area (Å²) in [6.07, 6.45) is 27.4. The molecule has 0 rings (SSSR count). The highest BCUT2D eigenvalue weighted by atomic mass is 16.4. The Bertz CT molecular complexity index is 456. The zero-order valence-electron chi connectivity index (χ0n) is 15.5. The van der Waals surface area contributed by atoms with Crippen LogP contribution in [-0.2, 0) is 4.79 Å². The van der Waals surface area contributed by atoms with Crippen LogP contribution in [0.5, 0.6) is 0 Å². The molecule has 0 spiro atoms. The van der Waals surface area contributed by atoms with Crippen molar-refractivity contribution in [3.8, 4) is 0 Å². The van der Waals surface area contributed by atoms with Gasteiger partial charge in [0.2, 0.25) is 0 Å². The van der Waals surface area contributed by atoms with E-state index in [1.54, 1.807) is 0 Å². The Hall–Kier alpha value is -1.87. The van der Waals surface area contributed by atoms with E-state index in [9.17, 15) is 9.90 Å². The maximum atomic E-state index is 10.3. The summed E-state index contributed by atoms with van der Waals surface area (Å²) in [7, 11) is 0. The van der Waals surface area contributed by atoms with Crippen molar-refractivity contribution in [2.24, 2.45) is 0 Å². The van der Waals surface area contributed by atoms with E-state index in [-0.39, 0.29) is 6.42 Å². The molecule has 0 aromatic rings. The Kier molecular flexibility index (Phi) is 17.1. The van der Waals surface area contributed by atoms with E-state index in [1.807, 2.05) is 36.5 Å². The van der Waals surface area contributed by atoms with Gasteiger partial charge in [-0.15, -0.1) is 0 Å². The van der Waals surface area contributed by atoms with Crippen LogP contribution in [0.15, 0.2) is 60.8 Å². The second-order valence-electron chi connectivity index (χ2n) is 5.93. The Morgan fingerprint density at radius 3 is 2.28 bits per heavy atom. The lowest BCUT2D eigenvalue weighted by Crippen LogP contribution is -1.98. The molecule has 0 aliphatic rings. The van der Waals surface area contributed by atoms with Crippen LogP contribution in [0.1, 0.15) is 64.7 Å². The monoisotopic (exact) mass is 346 g/mol. The van der Waals surface area contributed by atoms with E-state index in [1.165, 1.54) is 19.3 Å². The summed E-state index contributed by atoms with van der Waals surface area (Å²) in [5.74, 6) is -0.758. The van der Waals surface area contributed by atoms with Gasteiger partial charge < -0.3 is 10.2 Å². The molecule has 3 heteroatoms. The summed E-state index contributed by atoms with van der Waals surface area (Å²) < 4.78 is 0. The minimum atomic E-state index is -0.758. The van der Waals surface area contributed by atoms with Crippen molar-refractivity contribution in [1.82, 2.24) is 0 Å². The van der Waals surface area contributed by atoms with Gasteiger partial charge in [0.25, 0.3) is 0 Å². The normalized spacial score (nSPS) is 14.0. The third kappa shape index (κ3) is 20.1. The summed E-state index contributed by atoms with van der Waals surface area (Å²) in [5.41, 5.74) is 0. The molecule has 0 aromatic heterocycles. The van der Waals surface area contributed by atoms with Crippen molar-refractivity contribution in [3.63, 3.8) is 0 Å². The largest absolute Gasteiger partial charge is 0.481 e. The van der Waals surface area contributed by atoms with Gasteiger partial charge in [-0.1, -0.05) is 80.5 Å². The van der Waals surface area contributed by atoms with Gasteiger partial charge in [0.15, 0.2) is 0 Å². The van der Waals surface area contributed by atoms with Crippen LogP contribution < -0.4 is 0 Å². The van der Waals surface area contributed by atoms with Gasteiger partial charge in [-0.05, 0) is 38.5 Å². The molecular weight excluding hydrogens is 312 g/mol. The molecular formula is C22H34O3. The van der Waals surface area contributed by atoms with Crippen molar-refractivity contribution in [2.45, 2.75) is 70.8 Å². The van der Waals surface area contributed by atoms with Gasteiger partial charge in [0, 0.05) is 6.42 Å². The van der Waals surface area contributed by atoms with Crippen LogP contribution in [0.4, 0.5) is 0 Å². The fraction of sp³-hybridized carbons (Fsp3) is 0.500. The van der Waals surface area contributed by atoms with Crippen molar-refractivity contribution >= 4 is 5.97 Å². The van der Waals surface area contributed by atoms with Gasteiger partial charge in [-0.2, -0.15) is 0 Å². The molecule has 0 aliphatic carbocycles. The minimum absolute atomic E-state index is 0.190. The summed E-state index contributed by atoms with van der Waals surface area (Å²) >= 11 is 0. The number of hydrogen-bond acceptors (Lipinski definition) is 2. The van der Waals surface area contributed by atoms with Crippen molar-refractivity contribution < 1.29 is 15.0 Å². The van der Waals surface area contributed by atoms with E-state index < -0.39 is 12.1 Å². The standard InChI is InChI=1S/C22H34O3/c1-2-3-4-5-12-15-18-21(23)19-16-13-10-8-6-7-9-11-14-17-20-22(24)25/h6-7,10-16,19,21,23H,2-5,8-9,17-18,20H2,1H3,(H,24,25)/b7-6+,13-10+,14-11+,15-12-,19-16+/t21-/m1/s1. The van der Waals surface area contributed by atoms with Crippen LogP contribution >= 0.6 is 0 Å². The zero-order chi connectivity index (χ0) is 18.6. The Morgan fingerprint density at radius 2 is 1.56 bits per heavy atom. The van der Waals surface area contributed by atoms with Crippen molar-refractivity contribution in [2.75, 3.05) is 0 Å². The molecule has 0 aromatic carbocycles. The van der Waals surface area contributed by atoms with E-state index in [0.717, 1.165) is 19.3 Å². The van der Waals surface area contributed by atoms with Gasteiger partial charge in [0.1, 0.15) is 0 Å². The molecule has 3 nitrogen and oxygen atoms in total. The molecule has 0 amide bonds. The van der Waals surface area contributed by atoms with E-state index in [4.69, 9.17) is 5.11 Å². The Morgan fingerprint density at radius 1 is 0.880 bits per heavy atom. The highest BCUT2D eigenvalue weighted by Gasteiger charge is 1.93. The van der Waals surface area contributed by atoms with Crippen LogP contribution in [0.2, 0.25) is 0 Å². The average Bonchev–Trinajstić information content (AvgIpc) is 2.58. The fourth-order valence-corrected chi connectivity index (χ4v) is 2.06. The van der Waals surface area contributed by atoms with Crippen LogP contribution in [0.25, 0.3) is 0 Å². The summed E-state index contributed by atoms with van der Waals surface area (Å²) in [6.45, 7) is 2.20.